The number of carbonyl (C=O) groups is 1. The first kappa shape index (κ1) is 15.2. The first-order valence-electron chi connectivity index (χ1n) is 6.55. The first-order chi connectivity index (χ1) is 10.7. The van der Waals surface area contributed by atoms with Crippen molar-refractivity contribution in [1.82, 2.24) is 9.97 Å². The summed E-state index contributed by atoms with van der Waals surface area (Å²) in [4.78, 5) is 21.6. The predicted octanol–water partition coefficient (Wildman–Crippen LogP) is 4.45. The van der Waals surface area contributed by atoms with Gasteiger partial charge < -0.3 is 0 Å². The molecular formula is C15H13N3OS3. The number of hydrogen-bond acceptors (Lipinski definition) is 6. The smallest absolute Gasteiger partial charge is 0.257 e. The first-order valence-corrected chi connectivity index (χ1v) is 9.30. The second-order valence-electron chi connectivity index (χ2n) is 4.46. The summed E-state index contributed by atoms with van der Waals surface area (Å²) in [6, 6.07) is 7.58. The molecular weight excluding hydrogens is 334 g/mol. The minimum absolute atomic E-state index is 0.137. The standard InChI is InChI=1S/C15H13N3OS3/c1-10-17-12(8-21-10)9-22-13-4-2-11(3-5-13)14(19)18-15-16-6-7-20-15/h2-8H,9H2,1H3,(H,16,18,19). The summed E-state index contributed by atoms with van der Waals surface area (Å²) in [5.74, 6) is 0.705. The van der Waals surface area contributed by atoms with Gasteiger partial charge in [0.25, 0.3) is 5.91 Å². The van der Waals surface area contributed by atoms with Crippen LogP contribution in [0, 0.1) is 6.92 Å². The van der Waals surface area contributed by atoms with E-state index in [2.05, 4.69) is 20.7 Å². The van der Waals surface area contributed by atoms with E-state index in [0.717, 1.165) is 21.3 Å². The van der Waals surface area contributed by atoms with Gasteiger partial charge in [-0.1, -0.05) is 0 Å². The molecule has 3 aromatic rings. The van der Waals surface area contributed by atoms with E-state index < -0.39 is 0 Å². The molecule has 1 N–H and O–H groups in total. The van der Waals surface area contributed by atoms with Gasteiger partial charge in [-0.05, 0) is 31.2 Å². The van der Waals surface area contributed by atoms with Crippen LogP contribution in [0.2, 0.25) is 0 Å². The maximum absolute atomic E-state index is 12.0. The fraction of sp³-hybridized carbons (Fsp3) is 0.133. The largest absolute Gasteiger partial charge is 0.298 e. The average molecular weight is 347 g/mol. The Hall–Kier alpha value is -1.70. The zero-order chi connectivity index (χ0) is 15.4. The van der Waals surface area contributed by atoms with Crippen molar-refractivity contribution in [2.24, 2.45) is 0 Å². The predicted molar refractivity (Wildman–Crippen MR) is 92.9 cm³/mol. The van der Waals surface area contributed by atoms with Crippen molar-refractivity contribution in [3.63, 3.8) is 0 Å². The van der Waals surface area contributed by atoms with Gasteiger partial charge in [0.1, 0.15) is 0 Å². The molecule has 0 aliphatic rings. The van der Waals surface area contributed by atoms with Crippen LogP contribution < -0.4 is 5.32 Å². The normalized spacial score (nSPS) is 10.6. The number of nitrogens with one attached hydrogen (secondary N) is 1. The number of hydrogen-bond donors (Lipinski definition) is 1. The highest BCUT2D eigenvalue weighted by molar-refractivity contribution is 7.98. The summed E-state index contributed by atoms with van der Waals surface area (Å²) in [7, 11) is 0. The van der Waals surface area contributed by atoms with Crippen LogP contribution in [0.25, 0.3) is 0 Å². The molecule has 2 heterocycles. The number of rotatable bonds is 5. The Morgan fingerprint density at radius 1 is 1.27 bits per heavy atom. The zero-order valence-corrected chi connectivity index (χ0v) is 14.2. The van der Waals surface area contributed by atoms with Gasteiger partial charge in [0.2, 0.25) is 0 Å². The Morgan fingerprint density at radius 3 is 2.73 bits per heavy atom. The van der Waals surface area contributed by atoms with Gasteiger partial charge in [-0.15, -0.1) is 34.4 Å². The number of carbonyl (C=O) groups excluding carboxylic acids is 1. The van der Waals surface area contributed by atoms with Gasteiger partial charge in [-0.3, -0.25) is 10.1 Å². The summed E-state index contributed by atoms with van der Waals surface area (Å²) in [5.41, 5.74) is 1.72. The molecule has 0 aliphatic carbocycles. The molecule has 0 fully saturated rings. The molecule has 4 nitrogen and oxygen atoms in total. The van der Waals surface area contributed by atoms with Gasteiger partial charge in [0.15, 0.2) is 5.13 Å². The van der Waals surface area contributed by atoms with Gasteiger partial charge in [-0.2, -0.15) is 0 Å². The van der Waals surface area contributed by atoms with E-state index in [1.807, 2.05) is 36.6 Å². The third-order valence-corrected chi connectivity index (χ3v) is 5.38. The average Bonchev–Trinajstić information content (AvgIpc) is 3.17. The molecule has 0 saturated heterocycles. The van der Waals surface area contributed by atoms with Crippen molar-refractivity contribution in [1.29, 1.82) is 0 Å². The molecule has 22 heavy (non-hydrogen) atoms. The van der Waals surface area contributed by atoms with Crippen LogP contribution in [0.3, 0.4) is 0 Å². The van der Waals surface area contributed by atoms with E-state index >= 15 is 0 Å². The van der Waals surface area contributed by atoms with Gasteiger partial charge in [0, 0.05) is 33.2 Å². The van der Waals surface area contributed by atoms with Gasteiger partial charge in [0.05, 0.1) is 10.7 Å². The molecule has 0 spiro atoms. The van der Waals surface area contributed by atoms with E-state index in [9.17, 15) is 4.79 Å². The van der Waals surface area contributed by atoms with Crippen LogP contribution in [0.5, 0.6) is 0 Å². The van der Waals surface area contributed by atoms with Crippen molar-refractivity contribution >= 4 is 45.5 Å². The van der Waals surface area contributed by atoms with Crippen LogP contribution in [-0.4, -0.2) is 15.9 Å². The molecule has 1 aromatic carbocycles. The SMILES string of the molecule is Cc1nc(CSc2ccc(C(=O)Nc3nccs3)cc2)cs1. The second kappa shape index (κ2) is 7.04. The number of thioether (sulfide) groups is 1. The molecule has 0 bridgehead atoms. The van der Waals surface area contributed by atoms with Crippen molar-refractivity contribution in [2.45, 2.75) is 17.6 Å². The number of anilines is 1. The second-order valence-corrected chi connectivity index (χ2v) is 7.47. The van der Waals surface area contributed by atoms with Gasteiger partial charge in [-0.25, -0.2) is 9.97 Å². The summed E-state index contributed by atoms with van der Waals surface area (Å²) >= 11 is 4.78. The van der Waals surface area contributed by atoms with E-state index in [0.29, 0.717) is 10.7 Å². The number of aromatic nitrogens is 2. The minimum atomic E-state index is -0.137. The van der Waals surface area contributed by atoms with Crippen LogP contribution in [0.1, 0.15) is 21.1 Å². The Kier molecular flexibility index (Phi) is 4.87. The highest BCUT2D eigenvalue weighted by atomic mass is 32.2. The third-order valence-electron chi connectivity index (χ3n) is 2.82. The lowest BCUT2D eigenvalue weighted by Gasteiger charge is -2.03. The third kappa shape index (κ3) is 3.94. The Labute approximate surface area is 140 Å². The Balaban J connectivity index is 1.58. The number of thiazole rings is 2. The highest BCUT2D eigenvalue weighted by Crippen LogP contribution is 2.24. The Morgan fingerprint density at radius 2 is 2.09 bits per heavy atom. The number of nitrogens with zero attached hydrogens (tertiary/aromatic N) is 2. The minimum Gasteiger partial charge on any atom is -0.298 e. The number of amides is 1. The topological polar surface area (TPSA) is 54.9 Å². The van der Waals surface area contributed by atoms with Crippen molar-refractivity contribution < 1.29 is 4.79 Å². The molecule has 0 saturated carbocycles. The van der Waals surface area contributed by atoms with Crippen LogP contribution >= 0.6 is 34.4 Å². The fourth-order valence-corrected chi connectivity index (χ4v) is 3.82. The maximum atomic E-state index is 12.0. The molecule has 0 radical (unpaired) electrons. The molecule has 2 aromatic heterocycles. The number of benzene rings is 1. The van der Waals surface area contributed by atoms with Crippen molar-refractivity contribution in [2.75, 3.05) is 5.32 Å². The summed E-state index contributed by atoms with van der Waals surface area (Å²) in [5, 5.41) is 8.38. The number of aryl methyl sites for hydroxylation is 1. The molecule has 0 aliphatic heterocycles. The van der Waals surface area contributed by atoms with Crippen LogP contribution in [0.15, 0.2) is 46.1 Å². The molecule has 1 amide bonds. The molecule has 0 atom stereocenters. The summed E-state index contributed by atoms with van der Waals surface area (Å²) in [6.07, 6.45) is 1.67. The Bertz CT molecular complexity index is 751. The quantitative estimate of drug-likeness (QED) is 0.693. The molecule has 112 valence electrons. The molecule has 0 unspecified atom stereocenters. The summed E-state index contributed by atoms with van der Waals surface area (Å²) in [6.45, 7) is 2.01. The highest BCUT2D eigenvalue weighted by Gasteiger charge is 2.07. The van der Waals surface area contributed by atoms with Crippen molar-refractivity contribution in [3.8, 4) is 0 Å². The van der Waals surface area contributed by atoms with Crippen molar-refractivity contribution in [3.05, 3.63) is 57.5 Å². The zero-order valence-electron chi connectivity index (χ0n) is 11.8. The maximum Gasteiger partial charge on any atom is 0.257 e. The lowest BCUT2D eigenvalue weighted by atomic mass is 10.2. The van der Waals surface area contributed by atoms with E-state index in [1.54, 1.807) is 29.3 Å². The lowest BCUT2D eigenvalue weighted by molar-refractivity contribution is 0.102. The van der Waals surface area contributed by atoms with E-state index in [-0.39, 0.29) is 5.91 Å². The lowest BCUT2D eigenvalue weighted by Crippen LogP contribution is -2.11. The van der Waals surface area contributed by atoms with Crippen LogP contribution in [0.4, 0.5) is 5.13 Å². The summed E-state index contributed by atoms with van der Waals surface area (Å²) < 4.78 is 0. The molecule has 7 heteroatoms. The van der Waals surface area contributed by atoms with E-state index in [4.69, 9.17) is 0 Å². The van der Waals surface area contributed by atoms with E-state index in [1.165, 1.54) is 11.3 Å². The fourth-order valence-electron chi connectivity index (χ4n) is 1.79. The monoisotopic (exact) mass is 347 g/mol. The molecule has 3 rings (SSSR count). The van der Waals surface area contributed by atoms with Gasteiger partial charge >= 0.3 is 0 Å². The van der Waals surface area contributed by atoms with Crippen LogP contribution in [-0.2, 0) is 5.75 Å².